The van der Waals surface area contributed by atoms with Crippen molar-refractivity contribution in [2.75, 3.05) is 11.9 Å². The number of aliphatic carboxylic acids is 1. The van der Waals surface area contributed by atoms with Gasteiger partial charge in [-0.2, -0.15) is 0 Å². The Balaban J connectivity index is 1.56. The number of carbonyl (C=O) groups excluding carboxylic acids is 2. The topological polar surface area (TPSA) is 95.5 Å². The molecule has 2 aromatic carbocycles. The molecule has 1 aliphatic rings. The van der Waals surface area contributed by atoms with Crippen molar-refractivity contribution in [3.05, 3.63) is 64.7 Å². The van der Waals surface area contributed by atoms with Crippen LogP contribution in [0.15, 0.2) is 42.5 Å². The molecule has 140 valence electrons. The van der Waals surface area contributed by atoms with Crippen LogP contribution in [0.3, 0.4) is 0 Å². The second-order valence-corrected chi connectivity index (χ2v) is 6.69. The first-order chi connectivity index (χ1) is 13.0. The minimum absolute atomic E-state index is 0.117. The number of benzene rings is 2. The van der Waals surface area contributed by atoms with Crippen LogP contribution in [-0.4, -0.2) is 29.4 Å². The number of rotatable bonds is 6. The number of carbonyl (C=O) groups is 3. The first-order valence-electron chi connectivity index (χ1n) is 9.02. The predicted molar refractivity (Wildman–Crippen MR) is 102 cm³/mol. The molecule has 6 nitrogen and oxygen atoms in total. The van der Waals surface area contributed by atoms with E-state index in [9.17, 15) is 14.4 Å². The van der Waals surface area contributed by atoms with E-state index in [0.29, 0.717) is 17.7 Å². The number of carboxylic acids is 1. The summed E-state index contributed by atoms with van der Waals surface area (Å²) in [7, 11) is 0. The highest BCUT2D eigenvalue weighted by Crippen LogP contribution is 2.22. The van der Waals surface area contributed by atoms with E-state index in [2.05, 4.69) is 22.8 Å². The first kappa shape index (κ1) is 18.6. The predicted octanol–water partition coefficient (Wildman–Crippen LogP) is 2.56. The fourth-order valence-electron chi connectivity index (χ4n) is 3.25. The molecule has 0 atom stereocenters. The van der Waals surface area contributed by atoms with Gasteiger partial charge >= 0.3 is 5.97 Å². The van der Waals surface area contributed by atoms with Gasteiger partial charge in [0.2, 0.25) is 5.91 Å². The number of amides is 2. The van der Waals surface area contributed by atoms with Gasteiger partial charge in [-0.05, 0) is 66.6 Å². The van der Waals surface area contributed by atoms with E-state index < -0.39 is 18.4 Å². The van der Waals surface area contributed by atoms with E-state index in [1.54, 1.807) is 24.3 Å². The van der Waals surface area contributed by atoms with Crippen LogP contribution in [0.4, 0.5) is 5.69 Å². The average molecular weight is 366 g/mol. The number of nitrogens with one attached hydrogen (secondary N) is 2. The minimum atomic E-state index is -1.10. The largest absolute Gasteiger partial charge is 0.480 e. The molecule has 0 heterocycles. The smallest absolute Gasteiger partial charge is 0.322 e. The van der Waals surface area contributed by atoms with Crippen molar-refractivity contribution < 1.29 is 19.5 Å². The van der Waals surface area contributed by atoms with Gasteiger partial charge in [0.1, 0.15) is 6.54 Å². The van der Waals surface area contributed by atoms with E-state index in [1.165, 1.54) is 24.0 Å². The molecular formula is C21H22N2O4. The van der Waals surface area contributed by atoms with Crippen LogP contribution in [-0.2, 0) is 28.9 Å². The van der Waals surface area contributed by atoms with Crippen molar-refractivity contribution in [1.29, 1.82) is 0 Å². The fraction of sp³-hybridized carbons (Fsp3) is 0.286. The first-order valence-corrected chi connectivity index (χ1v) is 9.02. The van der Waals surface area contributed by atoms with Crippen LogP contribution < -0.4 is 10.6 Å². The summed E-state index contributed by atoms with van der Waals surface area (Å²) >= 11 is 0. The number of aryl methyl sites for hydroxylation is 2. The molecule has 3 rings (SSSR count). The van der Waals surface area contributed by atoms with Crippen LogP contribution >= 0.6 is 0 Å². The summed E-state index contributed by atoms with van der Waals surface area (Å²) in [6.07, 6.45) is 4.94. The lowest BCUT2D eigenvalue weighted by molar-refractivity contribution is -0.135. The molecule has 0 bridgehead atoms. The van der Waals surface area contributed by atoms with E-state index in [1.807, 2.05) is 6.07 Å². The number of hydrogen-bond acceptors (Lipinski definition) is 3. The third-order valence-corrected chi connectivity index (χ3v) is 4.61. The van der Waals surface area contributed by atoms with Gasteiger partial charge in [0.05, 0.1) is 6.42 Å². The standard InChI is InChI=1S/C21H22N2O4/c24-19(12-14-5-6-15-3-1-2-4-17(15)11-14)23-18-9-7-16(8-10-18)21(27)22-13-20(25)26/h5-11H,1-4,12-13H2,(H,22,27)(H,23,24)(H,25,26). The maximum Gasteiger partial charge on any atom is 0.322 e. The van der Waals surface area contributed by atoms with Crippen LogP contribution in [0.25, 0.3) is 0 Å². The second kappa shape index (κ2) is 8.49. The number of hydrogen-bond donors (Lipinski definition) is 3. The highest BCUT2D eigenvalue weighted by molar-refractivity contribution is 5.97. The maximum absolute atomic E-state index is 12.3. The summed E-state index contributed by atoms with van der Waals surface area (Å²) in [4.78, 5) is 34.5. The summed E-state index contributed by atoms with van der Waals surface area (Å²) in [5, 5.41) is 13.7. The van der Waals surface area contributed by atoms with Gasteiger partial charge in [0.25, 0.3) is 5.91 Å². The van der Waals surface area contributed by atoms with Crippen molar-refractivity contribution in [1.82, 2.24) is 5.32 Å². The van der Waals surface area contributed by atoms with Crippen LogP contribution in [0.2, 0.25) is 0 Å². The summed E-state index contributed by atoms with van der Waals surface area (Å²) in [6.45, 7) is -0.432. The highest BCUT2D eigenvalue weighted by Gasteiger charge is 2.12. The fourth-order valence-corrected chi connectivity index (χ4v) is 3.25. The Kier molecular flexibility index (Phi) is 5.86. The van der Waals surface area contributed by atoms with Crippen molar-refractivity contribution in [2.24, 2.45) is 0 Å². The molecule has 27 heavy (non-hydrogen) atoms. The zero-order valence-corrected chi connectivity index (χ0v) is 15.0. The molecule has 2 amide bonds. The number of anilines is 1. The molecule has 1 aliphatic carbocycles. The Morgan fingerprint density at radius 1 is 0.926 bits per heavy atom. The SMILES string of the molecule is O=C(O)CNC(=O)c1ccc(NC(=O)Cc2ccc3c(c2)CCCC3)cc1. The van der Waals surface area contributed by atoms with Gasteiger partial charge in [-0.15, -0.1) is 0 Å². The molecule has 0 radical (unpaired) electrons. The molecule has 0 aromatic heterocycles. The molecule has 3 N–H and O–H groups in total. The molecule has 0 unspecified atom stereocenters. The third-order valence-electron chi connectivity index (χ3n) is 4.61. The maximum atomic E-state index is 12.3. The normalized spacial score (nSPS) is 12.7. The summed E-state index contributed by atoms with van der Waals surface area (Å²) in [5.41, 5.74) is 4.67. The van der Waals surface area contributed by atoms with Gasteiger partial charge in [-0.1, -0.05) is 18.2 Å². The van der Waals surface area contributed by atoms with Crippen molar-refractivity contribution in [3.8, 4) is 0 Å². The van der Waals surface area contributed by atoms with Crippen LogP contribution in [0, 0.1) is 0 Å². The second-order valence-electron chi connectivity index (χ2n) is 6.69. The average Bonchev–Trinajstić information content (AvgIpc) is 2.66. The number of fused-ring (bicyclic) bond motifs is 1. The minimum Gasteiger partial charge on any atom is -0.480 e. The van der Waals surface area contributed by atoms with Crippen LogP contribution in [0.5, 0.6) is 0 Å². The van der Waals surface area contributed by atoms with Crippen molar-refractivity contribution >= 4 is 23.5 Å². The quantitative estimate of drug-likeness (QED) is 0.732. The van der Waals surface area contributed by atoms with Gasteiger partial charge in [-0.25, -0.2) is 0 Å². The van der Waals surface area contributed by atoms with Gasteiger partial charge in [0, 0.05) is 11.3 Å². The lowest BCUT2D eigenvalue weighted by atomic mass is 9.90. The van der Waals surface area contributed by atoms with E-state index in [4.69, 9.17) is 5.11 Å². The Labute approximate surface area is 157 Å². The zero-order valence-electron chi connectivity index (χ0n) is 15.0. The van der Waals surface area contributed by atoms with E-state index in [0.717, 1.165) is 18.4 Å². The van der Waals surface area contributed by atoms with E-state index >= 15 is 0 Å². The number of carboxylic acid groups (broad SMARTS) is 1. The van der Waals surface area contributed by atoms with E-state index in [-0.39, 0.29) is 5.91 Å². The molecule has 0 saturated heterocycles. The monoisotopic (exact) mass is 366 g/mol. The van der Waals surface area contributed by atoms with Gasteiger partial charge in [0.15, 0.2) is 0 Å². The summed E-state index contributed by atoms with van der Waals surface area (Å²) < 4.78 is 0. The molecule has 0 aliphatic heterocycles. The summed E-state index contributed by atoms with van der Waals surface area (Å²) in [5.74, 6) is -1.69. The Bertz CT molecular complexity index is 859. The molecule has 0 fully saturated rings. The Morgan fingerprint density at radius 3 is 2.33 bits per heavy atom. The zero-order chi connectivity index (χ0) is 19.2. The van der Waals surface area contributed by atoms with Gasteiger partial charge < -0.3 is 15.7 Å². The molecule has 0 saturated carbocycles. The molecule has 6 heteroatoms. The van der Waals surface area contributed by atoms with Crippen LogP contribution in [0.1, 0.15) is 39.9 Å². The Morgan fingerprint density at radius 2 is 1.63 bits per heavy atom. The third kappa shape index (κ3) is 5.17. The lowest BCUT2D eigenvalue weighted by Gasteiger charge is -2.16. The molecular weight excluding hydrogens is 344 g/mol. The molecule has 0 spiro atoms. The van der Waals surface area contributed by atoms with Crippen molar-refractivity contribution in [3.63, 3.8) is 0 Å². The molecule has 2 aromatic rings. The highest BCUT2D eigenvalue weighted by atomic mass is 16.4. The lowest BCUT2D eigenvalue weighted by Crippen LogP contribution is -2.29. The Hall–Kier alpha value is -3.15. The van der Waals surface area contributed by atoms with Crippen molar-refractivity contribution in [2.45, 2.75) is 32.1 Å². The summed E-state index contributed by atoms with van der Waals surface area (Å²) in [6, 6.07) is 12.6. The van der Waals surface area contributed by atoms with Gasteiger partial charge in [-0.3, -0.25) is 14.4 Å².